The molecule has 1 N–H and O–H groups in total. The van der Waals surface area contributed by atoms with Crippen LogP contribution in [0.25, 0.3) is 0 Å². The molecule has 0 aromatic heterocycles. The molecule has 3 atom stereocenters. The van der Waals surface area contributed by atoms with Gasteiger partial charge in [-0.25, -0.2) is 0 Å². The predicted molar refractivity (Wildman–Crippen MR) is 47.4 cm³/mol. The minimum atomic E-state index is 0.807. The maximum Gasteiger partial charge on any atom is -0.00122 e. The summed E-state index contributed by atoms with van der Waals surface area (Å²) in [7, 11) is 0. The van der Waals surface area contributed by atoms with E-state index in [1.54, 1.807) is 0 Å². The van der Waals surface area contributed by atoms with Crippen LogP contribution < -0.4 is 5.32 Å². The van der Waals surface area contributed by atoms with Gasteiger partial charge in [0.1, 0.15) is 0 Å². The van der Waals surface area contributed by atoms with Crippen LogP contribution >= 0.6 is 0 Å². The van der Waals surface area contributed by atoms with Crippen LogP contribution in [0.3, 0.4) is 0 Å². The van der Waals surface area contributed by atoms with Gasteiger partial charge in [-0.3, -0.25) is 0 Å². The number of nitrogens with one attached hydrogen (secondary N) is 1. The molecule has 0 aromatic carbocycles. The Morgan fingerprint density at radius 3 is 3.18 bits per heavy atom. The molecule has 1 nitrogen and oxygen atoms in total. The first-order valence-electron chi connectivity index (χ1n) is 4.75. The zero-order valence-electron chi connectivity index (χ0n) is 7.22. The number of piperidine rings is 1. The van der Waals surface area contributed by atoms with E-state index in [4.69, 9.17) is 0 Å². The van der Waals surface area contributed by atoms with E-state index in [0.29, 0.717) is 0 Å². The van der Waals surface area contributed by atoms with Crippen molar-refractivity contribution in [3.8, 4) is 0 Å². The number of rotatable bonds is 0. The van der Waals surface area contributed by atoms with E-state index >= 15 is 0 Å². The Bertz CT molecular complexity index is 162. The standard InChI is InChI=1S/C10H17N/c1-8-3-2-4-9-5-6-11-7-10(8)9/h2-3,8-11H,4-7H2,1H3. The predicted octanol–water partition coefficient (Wildman–Crippen LogP) is 1.81. The van der Waals surface area contributed by atoms with Crippen LogP contribution in [0.1, 0.15) is 19.8 Å². The normalized spacial score (nSPS) is 43.5. The smallest absolute Gasteiger partial charge is 0.00122 e. The molecule has 1 fully saturated rings. The Balaban J connectivity index is 2.08. The quantitative estimate of drug-likeness (QED) is 0.521. The molecule has 0 amide bonds. The van der Waals surface area contributed by atoms with Crippen LogP contribution in [-0.2, 0) is 0 Å². The van der Waals surface area contributed by atoms with Crippen LogP contribution in [0.2, 0.25) is 0 Å². The molecule has 62 valence electrons. The number of hydrogen-bond donors (Lipinski definition) is 1. The lowest BCUT2D eigenvalue weighted by Gasteiger charge is -2.37. The third kappa shape index (κ3) is 1.34. The van der Waals surface area contributed by atoms with E-state index in [1.165, 1.54) is 25.9 Å². The monoisotopic (exact) mass is 151 g/mol. The Kier molecular flexibility index (Phi) is 1.99. The Morgan fingerprint density at radius 2 is 2.36 bits per heavy atom. The van der Waals surface area contributed by atoms with Gasteiger partial charge in [-0.05, 0) is 43.7 Å². The van der Waals surface area contributed by atoms with E-state index in [0.717, 1.165) is 17.8 Å². The first-order valence-corrected chi connectivity index (χ1v) is 4.75. The van der Waals surface area contributed by atoms with Crippen LogP contribution in [0.5, 0.6) is 0 Å². The molecule has 1 saturated heterocycles. The van der Waals surface area contributed by atoms with Crippen molar-refractivity contribution in [3.05, 3.63) is 12.2 Å². The van der Waals surface area contributed by atoms with Gasteiger partial charge >= 0.3 is 0 Å². The van der Waals surface area contributed by atoms with E-state index in [-0.39, 0.29) is 0 Å². The third-order valence-electron chi connectivity index (χ3n) is 3.23. The zero-order valence-corrected chi connectivity index (χ0v) is 7.22. The van der Waals surface area contributed by atoms with Crippen molar-refractivity contribution in [3.63, 3.8) is 0 Å². The minimum absolute atomic E-state index is 0.807. The summed E-state index contributed by atoms with van der Waals surface area (Å²) in [5.74, 6) is 2.71. The highest BCUT2D eigenvalue weighted by Gasteiger charge is 2.29. The fraction of sp³-hybridized carbons (Fsp3) is 0.800. The molecule has 1 aliphatic heterocycles. The van der Waals surface area contributed by atoms with Gasteiger partial charge in [0.2, 0.25) is 0 Å². The molecule has 0 bridgehead atoms. The van der Waals surface area contributed by atoms with E-state index in [9.17, 15) is 0 Å². The van der Waals surface area contributed by atoms with E-state index in [2.05, 4.69) is 24.4 Å². The molecule has 1 heterocycles. The topological polar surface area (TPSA) is 12.0 Å². The van der Waals surface area contributed by atoms with Gasteiger partial charge in [0.05, 0.1) is 0 Å². The summed E-state index contributed by atoms with van der Waals surface area (Å²) in [6.07, 6.45) is 7.47. The molecule has 11 heavy (non-hydrogen) atoms. The highest BCUT2D eigenvalue weighted by atomic mass is 14.9. The van der Waals surface area contributed by atoms with Gasteiger partial charge in [0, 0.05) is 0 Å². The third-order valence-corrected chi connectivity index (χ3v) is 3.23. The van der Waals surface area contributed by atoms with Crippen LogP contribution in [0, 0.1) is 17.8 Å². The molecule has 2 rings (SSSR count). The largest absolute Gasteiger partial charge is 0.316 e. The average molecular weight is 151 g/mol. The fourth-order valence-electron chi connectivity index (χ4n) is 2.46. The molecular weight excluding hydrogens is 134 g/mol. The summed E-state index contributed by atoms with van der Waals surface area (Å²) >= 11 is 0. The maximum atomic E-state index is 3.48. The summed E-state index contributed by atoms with van der Waals surface area (Å²) in [6, 6.07) is 0. The second-order valence-corrected chi connectivity index (χ2v) is 3.94. The van der Waals surface area contributed by atoms with Crippen LogP contribution in [0.4, 0.5) is 0 Å². The molecule has 0 aromatic rings. The lowest BCUT2D eigenvalue weighted by Crippen LogP contribution is -2.40. The highest BCUT2D eigenvalue weighted by molar-refractivity contribution is 5.00. The lowest BCUT2D eigenvalue weighted by atomic mass is 9.73. The van der Waals surface area contributed by atoms with Gasteiger partial charge < -0.3 is 5.32 Å². The SMILES string of the molecule is CC1C=CCC2CCNCC12. The fourth-order valence-corrected chi connectivity index (χ4v) is 2.46. The van der Waals surface area contributed by atoms with E-state index in [1.807, 2.05) is 0 Å². The number of hydrogen-bond acceptors (Lipinski definition) is 1. The summed E-state index contributed by atoms with van der Waals surface area (Å²) in [4.78, 5) is 0. The zero-order chi connectivity index (χ0) is 7.68. The molecular formula is C10H17N. The first-order chi connectivity index (χ1) is 5.38. The molecule has 0 spiro atoms. The molecule has 3 unspecified atom stereocenters. The van der Waals surface area contributed by atoms with E-state index < -0.39 is 0 Å². The lowest BCUT2D eigenvalue weighted by molar-refractivity contribution is 0.201. The van der Waals surface area contributed by atoms with Gasteiger partial charge in [0.25, 0.3) is 0 Å². The van der Waals surface area contributed by atoms with Crippen LogP contribution in [-0.4, -0.2) is 13.1 Å². The Morgan fingerprint density at radius 1 is 1.45 bits per heavy atom. The molecule has 1 heteroatoms. The van der Waals surface area contributed by atoms with Crippen LogP contribution in [0.15, 0.2) is 12.2 Å². The molecule has 0 radical (unpaired) electrons. The highest BCUT2D eigenvalue weighted by Crippen LogP contribution is 2.33. The molecule has 0 saturated carbocycles. The van der Waals surface area contributed by atoms with Gasteiger partial charge in [0.15, 0.2) is 0 Å². The number of fused-ring (bicyclic) bond motifs is 1. The van der Waals surface area contributed by atoms with Crippen molar-refractivity contribution in [1.82, 2.24) is 5.32 Å². The molecule has 2 aliphatic rings. The summed E-state index contributed by atoms with van der Waals surface area (Å²) < 4.78 is 0. The first kappa shape index (κ1) is 7.35. The summed E-state index contributed by atoms with van der Waals surface area (Å²) in [5.41, 5.74) is 0. The Labute approximate surface area is 68.9 Å². The van der Waals surface area contributed by atoms with Crippen molar-refractivity contribution in [2.24, 2.45) is 17.8 Å². The van der Waals surface area contributed by atoms with Crippen molar-refractivity contribution >= 4 is 0 Å². The Hall–Kier alpha value is -0.300. The summed E-state index contributed by atoms with van der Waals surface area (Å²) in [6.45, 7) is 4.83. The van der Waals surface area contributed by atoms with Gasteiger partial charge in [-0.15, -0.1) is 0 Å². The summed E-state index contributed by atoms with van der Waals surface area (Å²) in [5, 5.41) is 3.48. The van der Waals surface area contributed by atoms with Crippen molar-refractivity contribution in [2.45, 2.75) is 19.8 Å². The second kappa shape index (κ2) is 2.98. The van der Waals surface area contributed by atoms with Gasteiger partial charge in [-0.1, -0.05) is 19.1 Å². The average Bonchev–Trinajstić information content (AvgIpc) is 2.06. The van der Waals surface area contributed by atoms with Gasteiger partial charge in [-0.2, -0.15) is 0 Å². The minimum Gasteiger partial charge on any atom is -0.316 e. The second-order valence-electron chi connectivity index (χ2n) is 3.94. The molecule has 1 aliphatic carbocycles. The van der Waals surface area contributed by atoms with Crippen molar-refractivity contribution in [2.75, 3.05) is 13.1 Å². The maximum absolute atomic E-state index is 3.48. The van der Waals surface area contributed by atoms with Crippen molar-refractivity contribution < 1.29 is 0 Å². The number of allylic oxidation sites excluding steroid dienone is 2. The van der Waals surface area contributed by atoms with Crippen molar-refractivity contribution in [1.29, 1.82) is 0 Å².